The van der Waals surface area contributed by atoms with Gasteiger partial charge in [-0.2, -0.15) is 0 Å². The van der Waals surface area contributed by atoms with E-state index in [1.807, 2.05) is 0 Å². The van der Waals surface area contributed by atoms with Gasteiger partial charge in [0.05, 0.1) is 6.61 Å². The molecule has 1 saturated carbocycles. The van der Waals surface area contributed by atoms with Crippen LogP contribution in [-0.2, 0) is 0 Å². The maximum atomic E-state index is 9.67. The molecule has 0 aromatic heterocycles. The summed E-state index contributed by atoms with van der Waals surface area (Å²) in [7, 11) is 0. The lowest BCUT2D eigenvalue weighted by Gasteiger charge is -2.33. The Kier molecular flexibility index (Phi) is 6.61. The van der Waals surface area contributed by atoms with Crippen molar-refractivity contribution >= 4 is 0 Å². The Hall–Kier alpha value is -0.120. The number of nitrogens with zero attached hydrogens (tertiary/aromatic N) is 1. The van der Waals surface area contributed by atoms with Crippen molar-refractivity contribution in [3.05, 3.63) is 0 Å². The summed E-state index contributed by atoms with van der Waals surface area (Å²) in [6.07, 6.45) is 4.68. The van der Waals surface area contributed by atoms with Gasteiger partial charge in [0, 0.05) is 18.1 Å². The molecule has 3 atom stereocenters. The summed E-state index contributed by atoms with van der Waals surface area (Å²) < 4.78 is 0. The van der Waals surface area contributed by atoms with Gasteiger partial charge in [0.25, 0.3) is 0 Å². The van der Waals surface area contributed by atoms with Gasteiger partial charge in [-0.25, -0.2) is 0 Å². The first-order valence-electron chi connectivity index (χ1n) is 7.70. The third-order valence-corrected chi connectivity index (χ3v) is 4.60. The van der Waals surface area contributed by atoms with Crippen molar-refractivity contribution in [2.24, 2.45) is 5.92 Å². The minimum Gasteiger partial charge on any atom is -0.394 e. The Morgan fingerprint density at radius 3 is 2.61 bits per heavy atom. The average molecular weight is 256 g/mol. The van der Waals surface area contributed by atoms with E-state index in [1.165, 1.54) is 19.4 Å². The van der Waals surface area contributed by atoms with E-state index in [9.17, 15) is 5.11 Å². The van der Waals surface area contributed by atoms with E-state index in [2.05, 4.69) is 37.9 Å². The molecule has 0 aromatic rings. The predicted octanol–water partition coefficient (Wildman–Crippen LogP) is 2.25. The van der Waals surface area contributed by atoms with Gasteiger partial charge in [0.2, 0.25) is 0 Å². The van der Waals surface area contributed by atoms with Gasteiger partial charge in [-0.15, -0.1) is 0 Å². The molecule has 2 N–H and O–H groups in total. The van der Waals surface area contributed by atoms with E-state index < -0.39 is 0 Å². The molecule has 18 heavy (non-hydrogen) atoms. The fraction of sp³-hybridized carbons (Fsp3) is 1.00. The Balaban J connectivity index is 2.56. The number of likely N-dealkylation sites (N-methyl/N-ethyl adjacent to an activating group) is 1. The first-order valence-corrected chi connectivity index (χ1v) is 7.70. The smallest absolute Gasteiger partial charge is 0.0613 e. The normalized spacial score (nSPS) is 30.0. The van der Waals surface area contributed by atoms with Crippen molar-refractivity contribution in [3.8, 4) is 0 Å². The maximum absolute atomic E-state index is 9.67. The van der Waals surface area contributed by atoms with E-state index in [4.69, 9.17) is 0 Å². The van der Waals surface area contributed by atoms with E-state index in [0.717, 1.165) is 31.8 Å². The fourth-order valence-electron chi connectivity index (χ4n) is 3.21. The number of rotatable bonds is 8. The van der Waals surface area contributed by atoms with Gasteiger partial charge in [0.1, 0.15) is 0 Å². The number of aliphatic hydroxyl groups is 1. The topological polar surface area (TPSA) is 35.5 Å². The highest BCUT2D eigenvalue weighted by atomic mass is 16.3. The molecule has 0 spiro atoms. The third kappa shape index (κ3) is 3.94. The van der Waals surface area contributed by atoms with Crippen LogP contribution < -0.4 is 5.32 Å². The molecule has 0 heterocycles. The Morgan fingerprint density at radius 1 is 1.39 bits per heavy atom. The van der Waals surface area contributed by atoms with E-state index in [1.54, 1.807) is 0 Å². The van der Waals surface area contributed by atoms with Gasteiger partial charge < -0.3 is 15.3 Å². The van der Waals surface area contributed by atoms with Gasteiger partial charge in [0.15, 0.2) is 0 Å². The van der Waals surface area contributed by atoms with Crippen LogP contribution in [0.4, 0.5) is 0 Å². The van der Waals surface area contributed by atoms with Crippen molar-refractivity contribution in [1.29, 1.82) is 0 Å². The van der Waals surface area contributed by atoms with Gasteiger partial charge in [-0.05, 0) is 38.3 Å². The summed E-state index contributed by atoms with van der Waals surface area (Å²) >= 11 is 0. The lowest BCUT2D eigenvalue weighted by atomic mass is 9.98. The van der Waals surface area contributed by atoms with E-state index in [0.29, 0.717) is 6.04 Å². The van der Waals surface area contributed by atoms with Crippen LogP contribution in [0.1, 0.15) is 53.4 Å². The van der Waals surface area contributed by atoms with Gasteiger partial charge >= 0.3 is 0 Å². The van der Waals surface area contributed by atoms with Crippen LogP contribution in [0, 0.1) is 5.92 Å². The number of aliphatic hydroxyl groups excluding tert-OH is 1. The molecular weight excluding hydrogens is 224 g/mol. The first kappa shape index (κ1) is 15.9. The Morgan fingerprint density at radius 2 is 2.11 bits per heavy atom. The molecular formula is C15H32N2O. The molecule has 3 heteroatoms. The summed E-state index contributed by atoms with van der Waals surface area (Å²) in [5.41, 5.74) is -0.0116. The highest BCUT2D eigenvalue weighted by Crippen LogP contribution is 2.33. The molecule has 108 valence electrons. The van der Waals surface area contributed by atoms with Crippen molar-refractivity contribution in [2.45, 2.75) is 65.0 Å². The molecule has 1 aliphatic carbocycles. The molecule has 0 bridgehead atoms. The monoisotopic (exact) mass is 256 g/mol. The summed E-state index contributed by atoms with van der Waals surface area (Å²) in [5, 5.41) is 13.2. The molecule has 3 unspecified atom stereocenters. The molecule has 1 fully saturated rings. The summed E-state index contributed by atoms with van der Waals surface area (Å²) in [6.45, 7) is 12.5. The van der Waals surface area contributed by atoms with Crippen molar-refractivity contribution in [3.63, 3.8) is 0 Å². The first-order chi connectivity index (χ1) is 8.60. The Labute approximate surface area is 113 Å². The summed E-state index contributed by atoms with van der Waals surface area (Å²) in [6, 6.07) is 0.648. The maximum Gasteiger partial charge on any atom is 0.0613 e. The molecule has 1 aliphatic rings. The second-order valence-electron chi connectivity index (χ2n) is 5.97. The Bertz CT molecular complexity index is 235. The highest BCUT2D eigenvalue weighted by molar-refractivity contribution is 4.99. The standard InChI is InChI=1S/C15H32N2O/c1-5-13(4)11-17(7-3)14-8-9-15(10-14,12-18)16-6-2/h13-14,16,18H,5-12H2,1-4H3. The minimum atomic E-state index is -0.0116. The van der Waals surface area contributed by atoms with Gasteiger partial charge in [-0.3, -0.25) is 0 Å². The average Bonchev–Trinajstić information content (AvgIpc) is 2.81. The molecule has 3 nitrogen and oxygen atoms in total. The predicted molar refractivity (Wildman–Crippen MR) is 77.8 cm³/mol. The van der Waals surface area contributed by atoms with Crippen LogP contribution in [0.5, 0.6) is 0 Å². The molecule has 0 radical (unpaired) electrons. The lowest BCUT2D eigenvalue weighted by Crippen LogP contribution is -2.48. The largest absolute Gasteiger partial charge is 0.394 e. The number of nitrogens with one attached hydrogen (secondary N) is 1. The zero-order valence-electron chi connectivity index (χ0n) is 12.7. The van der Waals surface area contributed by atoms with Crippen LogP contribution in [0.3, 0.4) is 0 Å². The third-order valence-electron chi connectivity index (χ3n) is 4.60. The molecule has 0 aromatic carbocycles. The quantitative estimate of drug-likeness (QED) is 0.699. The second kappa shape index (κ2) is 7.46. The van der Waals surface area contributed by atoms with Crippen LogP contribution in [-0.4, -0.2) is 47.8 Å². The number of hydrogen-bond acceptors (Lipinski definition) is 3. The molecule has 0 aliphatic heterocycles. The van der Waals surface area contributed by atoms with Crippen LogP contribution in [0.2, 0.25) is 0 Å². The number of hydrogen-bond donors (Lipinski definition) is 2. The second-order valence-corrected chi connectivity index (χ2v) is 5.97. The molecule has 1 rings (SSSR count). The van der Waals surface area contributed by atoms with E-state index >= 15 is 0 Å². The molecule has 0 saturated heterocycles. The van der Waals surface area contributed by atoms with Crippen LogP contribution in [0.15, 0.2) is 0 Å². The molecule has 0 amide bonds. The SMILES string of the molecule is CCNC1(CO)CCC(N(CC)CC(C)CC)C1. The summed E-state index contributed by atoms with van der Waals surface area (Å²) in [5.74, 6) is 0.771. The fourth-order valence-corrected chi connectivity index (χ4v) is 3.21. The van der Waals surface area contributed by atoms with Crippen molar-refractivity contribution < 1.29 is 5.11 Å². The van der Waals surface area contributed by atoms with Gasteiger partial charge in [-0.1, -0.05) is 34.1 Å². The summed E-state index contributed by atoms with van der Waals surface area (Å²) in [4.78, 5) is 2.61. The van der Waals surface area contributed by atoms with Crippen molar-refractivity contribution in [2.75, 3.05) is 26.2 Å². The van der Waals surface area contributed by atoms with Crippen LogP contribution >= 0.6 is 0 Å². The highest BCUT2D eigenvalue weighted by Gasteiger charge is 2.39. The van der Waals surface area contributed by atoms with E-state index in [-0.39, 0.29) is 12.1 Å². The zero-order chi connectivity index (χ0) is 13.6. The lowest BCUT2D eigenvalue weighted by molar-refractivity contribution is 0.138. The van der Waals surface area contributed by atoms with Crippen LogP contribution in [0.25, 0.3) is 0 Å². The minimum absolute atomic E-state index is 0.0116. The van der Waals surface area contributed by atoms with Crippen molar-refractivity contribution in [1.82, 2.24) is 10.2 Å². The zero-order valence-corrected chi connectivity index (χ0v) is 12.7.